The smallest absolute Gasteiger partial charge is 0.277 e. The van der Waals surface area contributed by atoms with Crippen LogP contribution in [0.2, 0.25) is 0 Å². The number of thiazole rings is 1. The summed E-state index contributed by atoms with van der Waals surface area (Å²) in [6.45, 7) is 1.35. The topological polar surface area (TPSA) is 90.1 Å². The zero-order chi connectivity index (χ0) is 18.5. The molecule has 1 aliphatic heterocycles. The maximum absolute atomic E-state index is 11.9. The number of hydrogen-bond acceptors (Lipinski definition) is 8. The van der Waals surface area contributed by atoms with E-state index in [1.807, 2.05) is 18.2 Å². The minimum absolute atomic E-state index is 0.0512. The number of carbonyl (C=O) groups is 1. The average molecular weight is 405 g/mol. The van der Waals surface area contributed by atoms with E-state index in [-0.39, 0.29) is 17.8 Å². The van der Waals surface area contributed by atoms with Crippen LogP contribution in [0.5, 0.6) is 0 Å². The molecular weight excluding hydrogens is 384 g/mol. The monoisotopic (exact) mass is 404 g/mol. The van der Waals surface area contributed by atoms with Crippen molar-refractivity contribution in [2.45, 2.75) is 37.0 Å². The molecule has 1 fully saturated rings. The Morgan fingerprint density at radius 2 is 2.22 bits per heavy atom. The molecule has 4 rings (SSSR count). The number of rotatable bonds is 8. The summed E-state index contributed by atoms with van der Waals surface area (Å²) in [6, 6.07) is 8.09. The first-order chi connectivity index (χ1) is 13.3. The van der Waals surface area contributed by atoms with Crippen LogP contribution in [0, 0.1) is 0 Å². The number of benzene rings is 1. The van der Waals surface area contributed by atoms with E-state index in [9.17, 15) is 4.79 Å². The molecule has 1 amide bonds. The van der Waals surface area contributed by atoms with E-state index in [0.29, 0.717) is 24.1 Å². The molecule has 0 bridgehead atoms. The van der Waals surface area contributed by atoms with Gasteiger partial charge in [-0.2, -0.15) is 0 Å². The second-order valence-corrected chi connectivity index (χ2v) is 8.31. The first kappa shape index (κ1) is 18.4. The number of aromatic nitrogens is 3. The Morgan fingerprint density at radius 1 is 1.30 bits per heavy atom. The zero-order valence-corrected chi connectivity index (χ0v) is 16.4. The fourth-order valence-electron chi connectivity index (χ4n) is 2.85. The van der Waals surface area contributed by atoms with E-state index < -0.39 is 0 Å². The molecule has 142 valence electrons. The number of thioether (sulfide) groups is 1. The molecule has 1 aromatic carbocycles. The summed E-state index contributed by atoms with van der Waals surface area (Å²) in [5, 5.41) is 12.4. The molecular formula is C18H20N4O3S2. The van der Waals surface area contributed by atoms with Gasteiger partial charge in [-0.15, -0.1) is 21.5 Å². The molecule has 9 heteroatoms. The highest BCUT2D eigenvalue weighted by Crippen LogP contribution is 2.23. The molecule has 1 aliphatic rings. The summed E-state index contributed by atoms with van der Waals surface area (Å²) in [5.74, 6) is 0.771. The molecule has 0 spiro atoms. The Morgan fingerprint density at radius 3 is 3.07 bits per heavy atom. The summed E-state index contributed by atoms with van der Waals surface area (Å²) >= 11 is 2.94. The van der Waals surface area contributed by atoms with Gasteiger partial charge in [0.2, 0.25) is 11.8 Å². The number of ether oxygens (including phenoxy) is 1. The molecule has 1 unspecified atom stereocenters. The van der Waals surface area contributed by atoms with Crippen molar-refractivity contribution in [1.29, 1.82) is 0 Å². The van der Waals surface area contributed by atoms with Gasteiger partial charge in [0.1, 0.15) is 0 Å². The summed E-state index contributed by atoms with van der Waals surface area (Å²) in [5.41, 5.74) is 1.02. The van der Waals surface area contributed by atoms with Crippen molar-refractivity contribution < 1.29 is 13.9 Å². The van der Waals surface area contributed by atoms with Crippen molar-refractivity contribution in [3.05, 3.63) is 35.2 Å². The second kappa shape index (κ2) is 8.81. The van der Waals surface area contributed by atoms with Crippen molar-refractivity contribution in [3.8, 4) is 0 Å². The molecule has 0 saturated carbocycles. The van der Waals surface area contributed by atoms with Crippen LogP contribution in [0.1, 0.15) is 23.7 Å². The lowest BCUT2D eigenvalue weighted by Gasteiger charge is -2.09. The van der Waals surface area contributed by atoms with E-state index in [2.05, 4.69) is 26.6 Å². The minimum atomic E-state index is -0.0512. The highest BCUT2D eigenvalue weighted by Gasteiger charge is 2.17. The van der Waals surface area contributed by atoms with Crippen molar-refractivity contribution >= 4 is 39.2 Å². The van der Waals surface area contributed by atoms with Gasteiger partial charge in [-0.25, -0.2) is 4.98 Å². The van der Waals surface area contributed by atoms with Crippen molar-refractivity contribution in [2.75, 3.05) is 18.9 Å². The van der Waals surface area contributed by atoms with Crippen molar-refractivity contribution in [2.24, 2.45) is 0 Å². The van der Waals surface area contributed by atoms with Gasteiger partial charge in [0.15, 0.2) is 0 Å². The molecule has 0 aliphatic carbocycles. The second-order valence-electron chi connectivity index (χ2n) is 6.26. The molecule has 1 N–H and O–H groups in total. The van der Waals surface area contributed by atoms with E-state index in [1.165, 1.54) is 16.5 Å². The molecule has 1 atom stereocenters. The SMILES string of the molecule is O=C(CSc1nnc(CCc2nc3ccccc3s2)o1)NCC1CCCO1. The average Bonchev–Trinajstić information content (AvgIpc) is 3.43. The molecule has 27 heavy (non-hydrogen) atoms. The molecule has 1 saturated heterocycles. The Balaban J connectivity index is 1.21. The van der Waals surface area contributed by atoms with Gasteiger partial charge in [0.05, 0.1) is 27.1 Å². The Labute approximate surface area is 164 Å². The number of para-hydroxylation sites is 1. The third-order valence-electron chi connectivity index (χ3n) is 4.22. The highest BCUT2D eigenvalue weighted by molar-refractivity contribution is 7.99. The fourth-order valence-corrected chi connectivity index (χ4v) is 4.43. The largest absolute Gasteiger partial charge is 0.416 e. The van der Waals surface area contributed by atoms with Crippen LogP contribution in [0.4, 0.5) is 0 Å². The van der Waals surface area contributed by atoms with Crippen molar-refractivity contribution in [1.82, 2.24) is 20.5 Å². The lowest BCUT2D eigenvalue weighted by Crippen LogP contribution is -2.32. The maximum atomic E-state index is 11.9. The van der Waals surface area contributed by atoms with Crippen LogP contribution in [-0.2, 0) is 22.4 Å². The standard InChI is InChI=1S/C18H20N4O3S2/c23-15(19-10-12-4-3-9-24-12)11-26-18-22-21-16(25-18)7-8-17-20-13-5-1-2-6-14(13)27-17/h1-2,5-6,12H,3-4,7-11H2,(H,19,23). The van der Waals surface area contributed by atoms with Crippen LogP contribution in [0.25, 0.3) is 10.2 Å². The maximum Gasteiger partial charge on any atom is 0.277 e. The Hall–Kier alpha value is -1.97. The normalized spacial score (nSPS) is 16.8. The molecule has 7 nitrogen and oxygen atoms in total. The van der Waals surface area contributed by atoms with E-state index in [1.54, 1.807) is 11.3 Å². The lowest BCUT2D eigenvalue weighted by molar-refractivity contribution is -0.119. The Kier molecular flexibility index (Phi) is 6.00. The van der Waals surface area contributed by atoms with Gasteiger partial charge in [0, 0.05) is 26.0 Å². The number of nitrogens with zero attached hydrogens (tertiary/aromatic N) is 3. The summed E-state index contributed by atoms with van der Waals surface area (Å²) in [7, 11) is 0. The molecule has 3 heterocycles. The lowest BCUT2D eigenvalue weighted by atomic mass is 10.2. The van der Waals surface area contributed by atoms with E-state index >= 15 is 0 Å². The predicted octanol–water partition coefficient (Wildman–Crippen LogP) is 2.85. The van der Waals surface area contributed by atoms with Gasteiger partial charge in [-0.1, -0.05) is 23.9 Å². The summed E-state index contributed by atoms with van der Waals surface area (Å²) in [6.07, 6.45) is 3.62. The van der Waals surface area contributed by atoms with Gasteiger partial charge in [-0.3, -0.25) is 4.79 Å². The van der Waals surface area contributed by atoms with Crippen molar-refractivity contribution in [3.63, 3.8) is 0 Å². The van der Waals surface area contributed by atoms with Gasteiger partial charge < -0.3 is 14.5 Å². The molecule has 3 aromatic rings. The molecule has 0 radical (unpaired) electrons. The van der Waals surface area contributed by atoms with Crippen LogP contribution < -0.4 is 5.32 Å². The number of fused-ring (bicyclic) bond motifs is 1. The van der Waals surface area contributed by atoms with Gasteiger partial charge >= 0.3 is 0 Å². The predicted molar refractivity (Wildman–Crippen MR) is 104 cm³/mol. The minimum Gasteiger partial charge on any atom is -0.416 e. The van der Waals surface area contributed by atoms with Crippen LogP contribution in [-0.4, -0.2) is 46.1 Å². The van der Waals surface area contributed by atoms with Gasteiger partial charge in [-0.05, 0) is 25.0 Å². The molecule has 2 aromatic heterocycles. The van der Waals surface area contributed by atoms with Crippen LogP contribution in [0.3, 0.4) is 0 Å². The summed E-state index contributed by atoms with van der Waals surface area (Å²) < 4.78 is 12.3. The quantitative estimate of drug-likeness (QED) is 0.577. The fraction of sp³-hybridized carbons (Fsp3) is 0.444. The summed E-state index contributed by atoms with van der Waals surface area (Å²) in [4.78, 5) is 16.5. The third-order valence-corrected chi connectivity index (χ3v) is 6.13. The Bertz CT molecular complexity index is 872. The number of carbonyl (C=O) groups excluding carboxylic acids is 1. The zero-order valence-electron chi connectivity index (χ0n) is 14.7. The number of aryl methyl sites for hydroxylation is 2. The van der Waals surface area contributed by atoms with Gasteiger partial charge in [0.25, 0.3) is 5.22 Å². The number of nitrogens with one attached hydrogen (secondary N) is 1. The first-order valence-electron chi connectivity index (χ1n) is 8.94. The van der Waals surface area contributed by atoms with Crippen LogP contribution >= 0.6 is 23.1 Å². The third kappa shape index (κ3) is 5.06. The first-order valence-corrected chi connectivity index (χ1v) is 10.7. The van der Waals surface area contributed by atoms with E-state index in [4.69, 9.17) is 9.15 Å². The number of amides is 1. The van der Waals surface area contributed by atoms with E-state index in [0.717, 1.165) is 36.4 Å². The highest BCUT2D eigenvalue weighted by atomic mass is 32.2. The van der Waals surface area contributed by atoms with Crippen LogP contribution in [0.15, 0.2) is 33.9 Å². The number of hydrogen-bond donors (Lipinski definition) is 1.